The number of rotatable bonds is 6. The average molecular weight is 493 g/mol. The van der Waals surface area contributed by atoms with E-state index in [9.17, 15) is 10.1 Å². The Morgan fingerprint density at radius 1 is 1.18 bits per heavy atom. The first kappa shape index (κ1) is 21.7. The second kappa shape index (κ2) is 10.1. The van der Waals surface area contributed by atoms with E-state index < -0.39 is 0 Å². The molecule has 0 aliphatic rings. The molecule has 0 atom stereocenters. The number of aliphatic imine (C=N–C) groups is 1. The monoisotopic (exact) mass is 493 g/mol. The minimum Gasteiger partial charge on any atom is -0.361 e. The van der Waals surface area contributed by atoms with Crippen molar-refractivity contribution in [2.75, 3.05) is 13.6 Å². The molecule has 1 aromatic heterocycles. The molecule has 0 unspecified atom stereocenters. The quantitative estimate of drug-likeness (QED) is 0.160. The summed E-state index contributed by atoms with van der Waals surface area (Å²) in [5.74, 6) is 0.615. The molecule has 0 fully saturated rings. The maximum Gasteiger partial charge on any atom is 0.274 e. The number of nitro groups is 1. The van der Waals surface area contributed by atoms with Crippen molar-refractivity contribution in [1.82, 2.24) is 15.6 Å². The van der Waals surface area contributed by atoms with E-state index in [1.54, 1.807) is 25.2 Å². The summed E-state index contributed by atoms with van der Waals surface area (Å²) >= 11 is 0. The molecule has 0 aliphatic heterocycles. The van der Waals surface area contributed by atoms with Gasteiger partial charge in [0.1, 0.15) is 0 Å². The predicted molar refractivity (Wildman–Crippen MR) is 123 cm³/mol. The molecular weight excluding hydrogens is 469 g/mol. The van der Waals surface area contributed by atoms with E-state index in [1.165, 1.54) is 22.6 Å². The van der Waals surface area contributed by atoms with Crippen LogP contribution in [0.15, 0.2) is 53.7 Å². The molecule has 0 aliphatic carbocycles. The highest BCUT2D eigenvalue weighted by Gasteiger charge is 2.12. The number of nitro benzene ring substituents is 1. The number of benzene rings is 2. The molecule has 3 N–H and O–H groups in total. The van der Waals surface area contributed by atoms with Crippen molar-refractivity contribution in [3.8, 4) is 0 Å². The number of H-pyrrole nitrogens is 1. The third-order valence-corrected chi connectivity index (χ3v) is 4.47. The molecule has 0 saturated carbocycles. The van der Waals surface area contributed by atoms with Crippen LogP contribution in [0.2, 0.25) is 0 Å². The number of fused-ring (bicyclic) bond motifs is 1. The molecule has 3 rings (SSSR count). The summed E-state index contributed by atoms with van der Waals surface area (Å²) in [6.45, 7) is 3.12. The smallest absolute Gasteiger partial charge is 0.274 e. The largest absolute Gasteiger partial charge is 0.361 e. The molecule has 0 bridgehead atoms. The van der Waals surface area contributed by atoms with Gasteiger partial charge < -0.3 is 15.6 Å². The highest BCUT2D eigenvalue weighted by Crippen LogP contribution is 2.20. The number of para-hydroxylation sites is 1. The molecule has 0 radical (unpaired) electrons. The average Bonchev–Trinajstić information content (AvgIpc) is 3.06. The van der Waals surface area contributed by atoms with Crippen molar-refractivity contribution < 1.29 is 4.92 Å². The van der Waals surface area contributed by atoms with Gasteiger partial charge in [0.25, 0.3) is 5.69 Å². The van der Waals surface area contributed by atoms with Gasteiger partial charge in [-0.1, -0.05) is 30.3 Å². The molecule has 2 aromatic carbocycles. The number of halogens is 1. The van der Waals surface area contributed by atoms with Crippen LogP contribution in [0.3, 0.4) is 0 Å². The van der Waals surface area contributed by atoms with Crippen LogP contribution in [0.5, 0.6) is 0 Å². The van der Waals surface area contributed by atoms with E-state index >= 15 is 0 Å². The Labute approximate surface area is 180 Å². The third-order valence-electron chi connectivity index (χ3n) is 4.47. The minimum atomic E-state index is -0.369. The number of nitrogens with one attached hydrogen (secondary N) is 3. The second-order valence-electron chi connectivity index (χ2n) is 6.35. The molecule has 28 heavy (non-hydrogen) atoms. The van der Waals surface area contributed by atoms with Crippen LogP contribution in [-0.4, -0.2) is 29.5 Å². The molecule has 148 valence electrons. The molecule has 1 heterocycles. The third kappa shape index (κ3) is 5.22. The topological polar surface area (TPSA) is 95.3 Å². The number of aromatic nitrogens is 1. The molecule has 0 amide bonds. The number of aromatic amines is 1. The van der Waals surface area contributed by atoms with Crippen LogP contribution in [0.1, 0.15) is 16.7 Å². The van der Waals surface area contributed by atoms with Gasteiger partial charge in [0.15, 0.2) is 5.96 Å². The highest BCUT2D eigenvalue weighted by molar-refractivity contribution is 14.0. The Morgan fingerprint density at radius 2 is 1.96 bits per heavy atom. The standard InChI is InChI=1S/C20H23N5O2.HI/c1-14-7-8-17-15(12-23-18(17)11-14)9-10-22-20(21-2)24-13-16-5-3-4-6-19(16)25(26)27;/h3-8,11-12,23H,9-10,13H2,1-2H3,(H2,21,22,24);1H. The lowest BCUT2D eigenvalue weighted by atomic mass is 10.1. The fourth-order valence-corrected chi connectivity index (χ4v) is 3.06. The van der Waals surface area contributed by atoms with Crippen LogP contribution in [0.25, 0.3) is 10.9 Å². The number of guanidine groups is 1. The van der Waals surface area contributed by atoms with Crippen molar-refractivity contribution in [2.45, 2.75) is 19.9 Å². The van der Waals surface area contributed by atoms with Crippen LogP contribution in [0.4, 0.5) is 5.69 Å². The Balaban J connectivity index is 0.00000280. The van der Waals surface area contributed by atoms with Crippen molar-refractivity contribution in [3.05, 3.63) is 75.5 Å². The lowest BCUT2D eigenvalue weighted by molar-refractivity contribution is -0.385. The van der Waals surface area contributed by atoms with Crippen molar-refractivity contribution in [2.24, 2.45) is 4.99 Å². The summed E-state index contributed by atoms with van der Waals surface area (Å²) in [7, 11) is 1.68. The Morgan fingerprint density at radius 3 is 2.71 bits per heavy atom. The molecular formula is C20H24IN5O2. The molecule has 3 aromatic rings. The molecule has 7 nitrogen and oxygen atoms in total. The van der Waals surface area contributed by atoms with Crippen LogP contribution < -0.4 is 10.6 Å². The summed E-state index contributed by atoms with van der Waals surface area (Å²) in [6.07, 6.45) is 2.88. The summed E-state index contributed by atoms with van der Waals surface area (Å²) < 4.78 is 0. The maximum atomic E-state index is 11.1. The Bertz CT molecular complexity index is 984. The van der Waals surface area contributed by atoms with Gasteiger partial charge in [-0.05, 0) is 30.5 Å². The van der Waals surface area contributed by atoms with Crippen LogP contribution in [0, 0.1) is 17.0 Å². The second-order valence-corrected chi connectivity index (χ2v) is 6.35. The Hall–Kier alpha value is -2.62. The zero-order valence-corrected chi connectivity index (χ0v) is 18.2. The zero-order chi connectivity index (χ0) is 19.2. The van der Waals surface area contributed by atoms with Gasteiger partial charge in [0.2, 0.25) is 0 Å². The van der Waals surface area contributed by atoms with E-state index in [2.05, 4.69) is 45.7 Å². The van der Waals surface area contributed by atoms with Gasteiger partial charge in [0.05, 0.1) is 4.92 Å². The Kier molecular flexibility index (Phi) is 7.80. The first-order valence-electron chi connectivity index (χ1n) is 8.82. The fraction of sp³-hybridized carbons (Fsp3) is 0.250. The first-order valence-corrected chi connectivity index (χ1v) is 8.82. The first-order chi connectivity index (χ1) is 13.1. The number of hydrogen-bond acceptors (Lipinski definition) is 3. The van der Waals surface area contributed by atoms with E-state index in [0.717, 1.165) is 11.9 Å². The van der Waals surface area contributed by atoms with Crippen LogP contribution in [-0.2, 0) is 13.0 Å². The van der Waals surface area contributed by atoms with Gasteiger partial charge in [-0.2, -0.15) is 0 Å². The minimum absolute atomic E-state index is 0. The van der Waals surface area contributed by atoms with Crippen molar-refractivity contribution in [1.29, 1.82) is 0 Å². The van der Waals surface area contributed by atoms with E-state index in [-0.39, 0.29) is 34.6 Å². The molecule has 0 spiro atoms. The number of hydrogen-bond donors (Lipinski definition) is 3. The van der Waals surface area contributed by atoms with Crippen LogP contribution >= 0.6 is 24.0 Å². The SMILES string of the molecule is CN=C(NCCc1c[nH]c2cc(C)ccc12)NCc1ccccc1[N+](=O)[O-].I. The van der Waals surface area contributed by atoms with E-state index in [0.29, 0.717) is 24.6 Å². The highest BCUT2D eigenvalue weighted by atomic mass is 127. The number of nitrogens with zero attached hydrogens (tertiary/aromatic N) is 2. The van der Waals surface area contributed by atoms with Gasteiger partial charge >= 0.3 is 0 Å². The van der Waals surface area contributed by atoms with Crippen molar-refractivity contribution in [3.63, 3.8) is 0 Å². The van der Waals surface area contributed by atoms with E-state index in [1.807, 2.05) is 6.20 Å². The van der Waals surface area contributed by atoms with Gasteiger partial charge in [0, 0.05) is 48.9 Å². The fourth-order valence-electron chi connectivity index (χ4n) is 3.06. The van der Waals surface area contributed by atoms with Crippen molar-refractivity contribution >= 4 is 46.5 Å². The van der Waals surface area contributed by atoms with Gasteiger partial charge in [-0.15, -0.1) is 24.0 Å². The zero-order valence-electron chi connectivity index (χ0n) is 15.9. The normalized spacial score (nSPS) is 11.1. The summed E-state index contributed by atoms with van der Waals surface area (Å²) in [6, 6.07) is 13.1. The van der Waals surface area contributed by atoms with Gasteiger partial charge in [-0.25, -0.2) is 0 Å². The molecule has 8 heteroatoms. The predicted octanol–water partition coefficient (Wildman–Crippen LogP) is 3.91. The van der Waals surface area contributed by atoms with Gasteiger partial charge in [-0.3, -0.25) is 15.1 Å². The van der Waals surface area contributed by atoms with E-state index in [4.69, 9.17) is 0 Å². The lowest BCUT2D eigenvalue weighted by Gasteiger charge is -2.12. The molecule has 0 saturated heterocycles. The maximum absolute atomic E-state index is 11.1. The summed E-state index contributed by atoms with van der Waals surface area (Å²) in [5.41, 5.74) is 4.34. The summed E-state index contributed by atoms with van der Waals surface area (Å²) in [4.78, 5) is 18.2. The lowest BCUT2D eigenvalue weighted by Crippen LogP contribution is -2.37. The number of aryl methyl sites for hydroxylation is 1. The summed E-state index contributed by atoms with van der Waals surface area (Å²) in [5, 5.41) is 18.7.